The summed E-state index contributed by atoms with van der Waals surface area (Å²) in [5.41, 5.74) is 0.454. The first-order valence-electron chi connectivity index (χ1n) is 7.39. The van der Waals surface area contributed by atoms with E-state index in [9.17, 15) is 0 Å². The summed E-state index contributed by atoms with van der Waals surface area (Å²) < 4.78 is 12.1. The highest BCUT2D eigenvalue weighted by Crippen LogP contribution is 2.47. The van der Waals surface area contributed by atoms with Gasteiger partial charge in [0.05, 0.1) is 12.7 Å². The van der Waals surface area contributed by atoms with Crippen LogP contribution in [0.3, 0.4) is 0 Å². The molecule has 2 rings (SSSR count). The SMILES string of the molecule is CCC(C)(C)C1CCC2(CC1)OCC(CCCl)O2. The number of ether oxygens (including phenoxy) is 2. The summed E-state index contributed by atoms with van der Waals surface area (Å²) in [6.45, 7) is 7.81. The Hall–Kier alpha value is 0.210. The molecule has 1 saturated heterocycles. The van der Waals surface area contributed by atoms with Crippen molar-refractivity contribution < 1.29 is 9.47 Å². The van der Waals surface area contributed by atoms with Crippen LogP contribution in [0, 0.1) is 11.3 Å². The number of hydrogen-bond donors (Lipinski definition) is 0. The molecular weight excluding hydrogens is 248 g/mol. The molecule has 1 unspecified atom stereocenters. The third-order valence-corrected chi connectivity index (χ3v) is 5.33. The topological polar surface area (TPSA) is 18.5 Å². The summed E-state index contributed by atoms with van der Waals surface area (Å²) in [5.74, 6) is 1.21. The van der Waals surface area contributed by atoms with Crippen LogP contribution >= 0.6 is 11.6 Å². The van der Waals surface area contributed by atoms with Crippen molar-refractivity contribution in [1.82, 2.24) is 0 Å². The lowest BCUT2D eigenvalue weighted by Crippen LogP contribution is -2.39. The lowest BCUT2D eigenvalue weighted by Gasteiger charge is -2.42. The lowest BCUT2D eigenvalue weighted by molar-refractivity contribution is -0.197. The van der Waals surface area contributed by atoms with Crippen molar-refractivity contribution in [2.45, 2.75) is 71.2 Å². The fourth-order valence-corrected chi connectivity index (χ4v) is 3.51. The normalized spacial score (nSPS) is 37.3. The molecule has 0 aromatic rings. The minimum atomic E-state index is -0.267. The summed E-state index contributed by atoms with van der Waals surface area (Å²) in [5, 5.41) is 0. The molecule has 0 radical (unpaired) electrons. The number of rotatable bonds is 4. The van der Waals surface area contributed by atoms with Gasteiger partial charge in [0.15, 0.2) is 5.79 Å². The van der Waals surface area contributed by atoms with E-state index in [-0.39, 0.29) is 11.9 Å². The molecule has 0 bridgehead atoms. The van der Waals surface area contributed by atoms with Crippen LogP contribution in [0.2, 0.25) is 0 Å². The highest BCUT2D eigenvalue weighted by Gasteiger charge is 2.45. The van der Waals surface area contributed by atoms with Gasteiger partial charge < -0.3 is 9.47 Å². The molecule has 1 heterocycles. The van der Waals surface area contributed by atoms with Crippen LogP contribution < -0.4 is 0 Å². The van der Waals surface area contributed by atoms with E-state index in [1.165, 1.54) is 19.3 Å². The fourth-order valence-electron chi connectivity index (χ4n) is 3.27. The maximum atomic E-state index is 6.12. The molecule has 106 valence electrons. The molecule has 2 aliphatic rings. The molecule has 2 nitrogen and oxygen atoms in total. The number of halogens is 1. The minimum Gasteiger partial charge on any atom is -0.347 e. The van der Waals surface area contributed by atoms with Gasteiger partial charge in [0, 0.05) is 18.7 Å². The Labute approximate surface area is 116 Å². The van der Waals surface area contributed by atoms with E-state index in [1.54, 1.807) is 0 Å². The van der Waals surface area contributed by atoms with Gasteiger partial charge in [-0.3, -0.25) is 0 Å². The van der Waals surface area contributed by atoms with Gasteiger partial charge in [-0.05, 0) is 30.6 Å². The average Bonchev–Trinajstić information content (AvgIpc) is 2.73. The van der Waals surface area contributed by atoms with Crippen LogP contribution in [0.4, 0.5) is 0 Å². The van der Waals surface area contributed by atoms with Crippen LogP contribution in [0.15, 0.2) is 0 Å². The maximum absolute atomic E-state index is 6.12. The summed E-state index contributed by atoms with van der Waals surface area (Å²) in [6.07, 6.45) is 6.95. The summed E-state index contributed by atoms with van der Waals surface area (Å²) in [4.78, 5) is 0. The highest BCUT2D eigenvalue weighted by molar-refractivity contribution is 6.17. The molecule has 0 aromatic heterocycles. The van der Waals surface area contributed by atoms with Crippen molar-refractivity contribution in [2.24, 2.45) is 11.3 Å². The van der Waals surface area contributed by atoms with Crippen LogP contribution in [0.1, 0.15) is 59.3 Å². The highest BCUT2D eigenvalue weighted by atomic mass is 35.5. The van der Waals surface area contributed by atoms with Crippen LogP contribution in [0.5, 0.6) is 0 Å². The quantitative estimate of drug-likeness (QED) is 0.710. The second-order valence-corrected chi connectivity index (χ2v) is 6.93. The largest absolute Gasteiger partial charge is 0.347 e. The van der Waals surface area contributed by atoms with E-state index in [1.807, 2.05) is 0 Å². The van der Waals surface area contributed by atoms with Gasteiger partial charge in [-0.2, -0.15) is 0 Å². The Morgan fingerprint density at radius 2 is 1.94 bits per heavy atom. The Morgan fingerprint density at radius 1 is 1.28 bits per heavy atom. The van der Waals surface area contributed by atoms with E-state index >= 15 is 0 Å². The molecule has 0 aromatic carbocycles. The van der Waals surface area contributed by atoms with E-state index in [0.29, 0.717) is 11.3 Å². The van der Waals surface area contributed by atoms with Crippen LogP contribution in [-0.4, -0.2) is 24.4 Å². The van der Waals surface area contributed by atoms with Gasteiger partial charge in [0.1, 0.15) is 0 Å². The first-order valence-corrected chi connectivity index (χ1v) is 7.92. The Balaban J connectivity index is 1.87. The maximum Gasteiger partial charge on any atom is 0.168 e. The van der Waals surface area contributed by atoms with Gasteiger partial charge in [0.2, 0.25) is 0 Å². The van der Waals surface area contributed by atoms with Gasteiger partial charge in [-0.25, -0.2) is 0 Å². The fraction of sp³-hybridized carbons (Fsp3) is 1.00. The molecule has 1 spiro atoms. The Bertz CT molecular complexity index is 270. The summed E-state index contributed by atoms with van der Waals surface area (Å²) in [7, 11) is 0. The zero-order valence-corrected chi connectivity index (χ0v) is 12.8. The first kappa shape index (κ1) is 14.6. The van der Waals surface area contributed by atoms with Crippen molar-refractivity contribution in [3.63, 3.8) is 0 Å². The molecule has 1 atom stereocenters. The Morgan fingerprint density at radius 3 is 2.50 bits per heavy atom. The van der Waals surface area contributed by atoms with Crippen LogP contribution in [0.25, 0.3) is 0 Å². The van der Waals surface area contributed by atoms with E-state index in [0.717, 1.165) is 31.8 Å². The van der Waals surface area contributed by atoms with Crippen molar-refractivity contribution in [3.05, 3.63) is 0 Å². The average molecular weight is 275 g/mol. The van der Waals surface area contributed by atoms with Crippen molar-refractivity contribution in [3.8, 4) is 0 Å². The van der Waals surface area contributed by atoms with Gasteiger partial charge in [-0.1, -0.05) is 27.2 Å². The second kappa shape index (κ2) is 5.68. The third-order valence-electron chi connectivity index (χ3n) is 5.11. The van der Waals surface area contributed by atoms with E-state index in [4.69, 9.17) is 21.1 Å². The second-order valence-electron chi connectivity index (χ2n) is 6.56. The molecule has 1 aliphatic carbocycles. The third kappa shape index (κ3) is 3.02. The van der Waals surface area contributed by atoms with Crippen molar-refractivity contribution in [1.29, 1.82) is 0 Å². The van der Waals surface area contributed by atoms with Gasteiger partial charge >= 0.3 is 0 Å². The minimum absolute atomic E-state index is 0.221. The molecule has 1 saturated carbocycles. The zero-order valence-electron chi connectivity index (χ0n) is 12.0. The molecule has 1 aliphatic heterocycles. The number of alkyl halides is 1. The van der Waals surface area contributed by atoms with Crippen LogP contribution in [-0.2, 0) is 9.47 Å². The molecular formula is C15H27ClO2. The first-order chi connectivity index (χ1) is 8.51. The smallest absolute Gasteiger partial charge is 0.168 e. The standard InChI is InChI=1S/C15H27ClO2/c1-4-14(2,3)12-5-8-15(9-6-12)17-11-13(18-15)7-10-16/h12-13H,4-11H2,1-3H3. The zero-order chi connectivity index (χ0) is 13.2. The van der Waals surface area contributed by atoms with E-state index in [2.05, 4.69) is 20.8 Å². The van der Waals surface area contributed by atoms with E-state index < -0.39 is 0 Å². The molecule has 18 heavy (non-hydrogen) atoms. The molecule has 3 heteroatoms. The predicted molar refractivity (Wildman–Crippen MR) is 74.9 cm³/mol. The monoisotopic (exact) mass is 274 g/mol. The van der Waals surface area contributed by atoms with Gasteiger partial charge in [-0.15, -0.1) is 11.6 Å². The Kier molecular flexibility index (Phi) is 4.61. The molecule has 0 N–H and O–H groups in total. The summed E-state index contributed by atoms with van der Waals surface area (Å²) in [6, 6.07) is 0. The van der Waals surface area contributed by atoms with Crippen molar-refractivity contribution in [2.75, 3.05) is 12.5 Å². The molecule has 0 amide bonds. The predicted octanol–water partition coefficient (Wildman–Crippen LogP) is 4.35. The molecule has 2 fully saturated rings. The summed E-state index contributed by atoms with van der Waals surface area (Å²) >= 11 is 5.78. The van der Waals surface area contributed by atoms with Crippen molar-refractivity contribution >= 4 is 11.6 Å². The number of hydrogen-bond acceptors (Lipinski definition) is 2. The van der Waals surface area contributed by atoms with Gasteiger partial charge in [0.25, 0.3) is 0 Å². The lowest BCUT2D eigenvalue weighted by atomic mass is 9.68.